The van der Waals surface area contributed by atoms with Crippen LogP contribution in [0, 0.1) is 0 Å². The van der Waals surface area contributed by atoms with Gasteiger partial charge in [0.1, 0.15) is 0 Å². The summed E-state index contributed by atoms with van der Waals surface area (Å²) in [5.74, 6) is 0. The smallest absolute Gasteiger partial charge is 0.324 e. The Labute approximate surface area is 98.2 Å². The standard InChI is InChI=1S/C10H24NO4P/c1-4-11(5-2,6-3)9-7-8-10-15-16(12,13)14/h4-10H2,1-3H3,(H-,12,13,14)/p+1. The minimum Gasteiger partial charge on any atom is -0.324 e. The predicted molar refractivity (Wildman–Crippen MR) is 64.0 cm³/mol. The number of unbranched alkanes of at least 4 members (excludes halogenated alkanes) is 1. The van der Waals surface area contributed by atoms with Crippen molar-refractivity contribution in [2.45, 2.75) is 33.6 Å². The van der Waals surface area contributed by atoms with Crippen molar-refractivity contribution < 1.29 is 23.4 Å². The maximum atomic E-state index is 10.4. The molecule has 0 aromatic rings. The van der Waals surface area contributed by atoms with Crippen molar-refractivity contribution in [1.29, 1.82) is 0 Å². The Morgan fingerprint density at radius 3 is 1.94 bits per heavy atom. The fraction of sp³-hybridized carbons (Fsp3) is 1.00. The van der Waals surface area contributed by atoms with Gasteiger partial charge in [0.05, 0.1) is 32.8 Å². The van der Waals surface area contributed by atoms with Gasteiger partial charge in [0, 0.05) is 0 Å². The third-order valence-corrected chi connectivity index (χ3v) is 3.82. The van der Waals surface area contributed by atoms with Gasteiger partial charge in [0.2, 0.25) is 0 Å². The van der Waals surface area contributed by atoms with Gasteiger partial charge in [-0.15, -0.1) is 0 Å². The molecule has 0 fully saturated rings. The van der Waals surface area contributed by atoms with E-state index < -0.39 is 7.82 Å². The maximum Gasteiger partial charge on any atom is 0.469 e. The van der Waals surface area contributed by atoms with Gasteiger partial charge in [-0.05, 0) is 33.6 Å². The Kier molecular flexibility index (Phi) is 7.44. The van der Waals surface area contributed by atoms with Gasteiger partial charge in [0.15, 0.2) is 0 Å². The van der Waals surface area contributed by atoms with Crippen LogP contribution >= 0.6 is 7.82 Å². The Morgan fingerprint density at radius 2 is 1.56 bits per heavy atom. The molecule has 0 heterocycles. The summed E-state index contributed by atoms with van der Waals surface area (Å²) in [5, 5.41) is 0. The third-order valence-electron chi connectivity index (χ3n) is 3.30. The van der Waals surface area contributed by atoms with Gasteiger partial charge in [-0.3, -0.25) is 4.52 Å². The van der Waals surface area contributed by atoms with Crippen molar-refractivity contribution in [1.82, 2.24) is 0 Å². The van der Waals surface area contributed by atoms with Crippen molar-refractivity contribution in [2.75, 3.05) is 32.8 Å². The van der Waals surface area contributed by atoms with Crippen LogP contribution in [0.15, 0.2) is 0 Å². The van der Waals surface area contributed by atoms with Crippen molar-refractivity contribution in [3.63, 3.8) is 0 Å². The molecule has 0 saturated heterocycles. The molecule has 2 N–H and O–H groups in total. The highest BCUT2D eigenvalue weighted by Crippen LogP contribution is 2.35. The van der Waals surface area contributed by atoms with E-state index >= 15 is 0 Å². The van der Waals surface area contributed by atoms with Crippen LogP contribution < -0.4 is 0 Å². The molecule has 0 spiro atoms. The monoisotopic (exact) mass is 254 g/mol. The van der Waals surface area contributed by atoms with Crippen molar-refractivity contribution in [3.8, 4) is 0 Å². The van der Waals surface area contributed by atoms with Crippen molar-refractivity contribution in [2.24, 2.45) is 0 Å². The lowest BCUT2D eigenvalue weighted by Crippen LogP contribution is -2.48. The summed E-state index contributed by atoms with van der Waals surface area (Å²) in [7, 11) is -4.27. The quantitative estimate of drug-likeness (QED) is 0.374. The fourth-order valence-corrected chi connectivity index (χ4v) is 2.24. The summed E-state index contributed by atoms with van der Waals surface area (Å²) in [6.07, 6.45) is 1.64. The summed E-state index contributed by atoms with van der Waals surface area (Å²) in [4.78, 5) is 17.0. The van der Waals surface area contributed by atoms with E-state index in [9.17, 15) is 4.57 Å². The Hall–Kier alpha value is 0.0700. The lowest BCUT2D eigenvalue weighted by atomic mass is 10.2. The molecule has 16 heavy (non-hydrogen) atoms. The zero-order valence-corrected chi connectivity index (χ0v) is 11.4. The van der Waals surface area contributed by atoms with Gasteiger partial charge in [-0.2, -0.15) is 0 Å². The van der Waals surface area contributed by atoms with Gasteiger partial charge in [0.25, 0.3) is 0 Å². The molecule has 0 aromatic heterocycles. The van der Waals surface area contributed by atoms with Gasteiger partial charge in [-0.1, -0.05) is 0 Å². The van der Waals surface area contributed by atoms with Crippen molar-refractivity contribution in [3.05, 3.63) is 0 Å². The summed E-state index contributed by atoms with van der Waals surface area (Å²) in [6.45, 7) is 11.0. The van der Waals surface area contributed by atoms with Crippen molar-refractivity contribution >= 4 is 7.82 Å². The van der Waals surface area contributed by atoms with Crippen LogP contribution in [0.3, 0.4) is 0 Å². The number of quaternary nitrogens is 1. The second-order valence-corrected chi connectivity index (χ2v) is 5.28. The normalized spacial score (nSPS) is 13.1. The van der Waals surface area contributed by atoms with E-state index in [4.69, 9.17) is 9.79 Å². The molecule has 0 rings (SSSR count). The fourth-order valence-electron chi connectivity index (χ4n) is 1.88. The average Bonchev–Trinajstić information content (AvgIpc) is 2.23. The number of phosphoric acid groups is 1. The van der Waals surface area contributed by atoms with E-state index in [1.165, 1.54) is 0 Å². The first-order valence-electron chi connectivity index (χ1n) is 5.94. The summed E-state index contributed by atoms with van der Waals surface area (Å²) < 4.78 is 15.9. The number of hydrogen-bond acceptors (Lipinski definition) is 2. The van der Waals surface area contributed by atoms with Crippen LogP contribution in [-0.2, 0) is 9.09 Å². The highest BCUT2D eigenvalue weighted by atomic mass is 31.2. The molecule has 0 aliphatic carbocycles. The molecule has 0 saturated carbocycles. The second-order valence-electron chi connectivity index (χ2n) is 4.04. The lowest BCUT2D eigenvalue weighted by molar-refractivity contribution is -0.923. The van der Waals surface area contributed by atoms with E-state index in [0.717, 1.165) is 37.1 Å². The molecule has 0 aliphatic rings. The molecule has 6 heteroatoms. The Bertz CT molecular complexity index is 217. The summed E-state index contributed by atoms with van der Waals surface area (Å²) in [5.41, 5.74) is 0. The van der Waals surface area contributed by atoms with E-state index in [1.807, 2.05) is 0 Å². The second kappa shape index (κ2) is 7.41. The molecule has 0 amide bonds. The van der Waals surface area contributed by atoms with Crippen LogP contribution in [0.25, 0.3) is 0 Å². The van der Waals surface area contributed by atoms with Gasteiger partial charge < -0.3 is 14.3 Å². The minimum atomic E-state index is -4.27. The molecule has 0 bridgehead atoms. The predicted octanol–water partition coefficient (Wildman–Crippen LogP) is 1.75. The van der Waals surface area contributed by atoms with Crippen LogP contribution in [0.1, 0.15) is 33.6 Å². The summed E-state index contributed by atoms with van der Waals surface area (Å²) >= 11 is 0. The third kappa shape index (κ3) is 6.61. The first kappa shape index (κ1) is 16.1. The van der Waals surface area contributed by atoms with E-state index in [0.29, 0.717) is 6.42 Å². The topological polar surface area (TPSA) is 66.8 Å². The minimum absolute atomic E-state index is 0.140. The van der Waals surface area contributed by atoms with Crippen LogP contribution in [0.4, 0.5) is 0 Å². The SMILES string of the molecule is CC[N+](CC)(CC)CCCCOP(=O)(O)O. The number of hydrogen-bond donors (Lipinski definition) is 2. The molecule has 0 aromatic carbocycles. The maximum absolute atomic E-state index is 10.4. The molecule has 0 radical (unpaired) electrons. The molecule has 0 unspecified atom stereocenters. The van der Waals surface area contributed by atoms with Gasteiger partial charge >= 0.3 is 7.82 Å². The summed E-state index contributed by atoms with van der Waals surface area (Å²) in [6, 6.07) is 0. The largest absolute Gasteiger partial charge is 0.469 e. The average molecular weight is 254 g/mol. The zero-order chi connectivity index (χ0) is 12.7. The molecule has 98 valence electrons. The molecule has 0 aliphatic heterocycles. The molecular weight excluding hydrogens is 229 g/mol. The highest BCUT2D eigenvalue weighted by Gasteiger charge is 2.20. The van der Waals surface area contributed by atoms with Gasteiger partial charge in [-0.25, -0.2) is 4.57 Å². The first-order chi connectivity index (χ1) is 7.39. The molecular formula is C10H25NO4P+. The van der Waals surface area contributed by atoms with Crippen LogP contribution in [0.5, 0.6) is 0 Å². The molecule has 5 nitrogen and oxygen atoms in total. The Balaban J connectivity index is 3.76. The van der Waals surface area contributed by atoms with E-state index in [-0.39, 0.29) is 6.61 Å². The molecule has 0 atom stereocenters. The van der Waals surface area contributed by atoms with E-state index in [2.05, 4.69) is 25.3 Å². The lowest BCUT2D eigenvalue weighted by Gasteiger charge is -2.35. The van der Waals surface area contributed by atoms with Crippen LogP contribution in [-0.4, -0.2) is 47.1 Å². The highest BCUT2D eigenvalue weighted by molar-refractivity contribution is 7.46. The number of rotatable bonds is 9. The zero-order valence-electron chi connectivity index (χ0n) is 10.6. The number of nitrogens with zero attached hydrogens (tertiary/aromatic N) is 1. The Morgan fingerprint density at radius 1 is 1.06 bits per heavy atom. The van der Waals surface area contributed by atoms with Crippen LogP contribution in [0.2, 0.25) is 0 Å². The first-order valence-corrected chi connectivity index (χ1v) is 7.47. The van der Waals surface area contributed by atoms with E-state index in [1.54, 1.807) is 0 Å². The number of phosphoric ester groups is 1.